The lowest BCUT2D eigenvalue weighted by molar-refractivity contribution is -0.137. The van der Waals surface area contributed by atoms with Crippen LogP contribution >= 0.6 is 0 Å². The van der Waals surface area contributed by atoms with E-state index in [0.717, 1.165) is 12.1 Å². The van der Waals surface area contributed by atoms with Crippen molar-refractivity contribution < 1.29 is 22.7 Å². The van der Waals surface area contributed by atoms with Gasteiger partial charge >= 0.3 is 12.2 Å². The molecule has 0 fully saturated rings. The maximum atomic E-state index is 13.4. The molecule has 4 nitrogen and oxygen atoms in total. The number of carbonyl (C=O) groups excluding carboxylic acids is 1. The fourth-order valence-electron chi connectivity index (χ4n) is 3.29. The Bertz CT molecular complexity index is 1040. The number of rotatable bonds is 6. The smallest absolute Gasteiger partial charge is 0.416 e. The second-order valence-electron chi connectivity index (χ2n) is 6.88. The fourth-order valence-corrected chi connectivity index (χ4v) is 3.29. The number of benzene rings is 3. The molecular formula is C24H23F3N2O2. The van der Waals surface area contributed by atoms with Gasteiger partial charge in [-0.2, -0.15) is 13.2 Å². The number of amides is 2. The van der Waals surface area contributed by atoms with Crippen LogP contribution < -0.4 is 10.1 Å². The van der Waals surface area contributed by atoms with Crippen LogP contribution in [0.2, 0.25) is 0 Å². The summed E-state index contributed by atoms with van der Waals surface area (Å²) in [5.74, 6) is 0.542. The van der Waals surface area contributed by atoms with Gasteiger partial charge in [-0.05, 0) is 48.4 Å². The first-order valence-corrected chi connectivity index (χ1v) is 9.78. The van der Waals surface area contributed by atoms with Crippen LogP contribution in [-0.2, 0) is 12.7 Å². The molecule has 0 aliphatic rings. The van der Waals surface area contributed by atoms with Crippen LogP contribution in [0.4, 0.5) is 23.7 Å². The van der Waals surface area contributed by atoms with Gasteiger partial charge < -0.3 is 15.0 Å². The summed E-state index contributed by atoms with van der Waals surface area (Å²) >= 11 is 0. The number of para-hydroxylation sites is 2. The van der Waals surface area contributed by atoms with Gasteiger partial charge in [0.25, 0.3) is 0 Å². The van der Waals surface area contributed by atoms with Gasteiger partial charge in [0.2, 0.25) is 0 Å². The van der Waals surface area contributed by atoms with E-state index in [4.69, 9.17) is 4.74 Å². The number of ether oxygens (including phenoxy) is 1. The highest BCUT2D eigenvalue weighted by molar-refractivity contribution is 5.89. The molecular weight excluding hydrogens is 405 g/mol. The molecule has 31 heavy (non-hydrogen) atoms. The number of urea groups is 1. The molecule has 0 aliphatic heterocycles. The summed E-state index contributed by atoms with van der Waals surface area (Å²) < 4.78 is 45.6. The van der Waals surface area contributed by atoms with Crippen molar-refractivity contribution in [3.63, 3.8) is 0 Å². The van der Waals surface area contributed by atoms with Gasteiger partial charge in [-0.25, -0.2) is 4.79 Å². The van der Waals surface area contributed by atoms with Gasteiger partial charge in [0.1, 0.15) is 5.75 Å². The number of halogens is 3. The molecule has 0 radical (unpaired) electrons. The minimum absolute atomic E-state index is 0.00642. The Labute approximate surface area is 179 Å². The number of methoxy groups -OCH3 is 1. The summed E-state index contributed by atoms with van der Waals surface area (Å²) in [6.45, 7) is 2.10. The molecule has 162 valence electrons. The summed E-state index contributed by atoms with van der Waals surface area (Å²) in [6.07, 6.45) is -4.49. The van der Waals surface area contributed by atoms with E-state index in [9.17, 15) is 18.0 Å². The lowest BCUT2D eigenvalue weighted by Gasteiger charge is -2.24. The van der Waals surface area contributed by atoms with Gasteiger partial charge in [0.15, 0.2) is 0 Å². The first-order valence-electron chi connectivity index (χ1n) is 9.78. The minimum Gasteiger partial charge on any atom is -0.496 e. The van der Waals surface area contributed by atoms with E-state index < -0.39 is 17.8 Å². The number of hydrogen-bond acceptors (Lipinski definition) is 2. The quantitative estimate of drug-likeness (QED) is 0.491. The molecule has 0 unspecified atom stereocenters. The molecule has 2 amide bonds. The summed E-state index contributed by atoms with van der Waals surface area (Å²) in [6, 6.07) is 19.2. The molecule has 1 N–H and O–H groups in total. The third kappa shape index (κ3) is 5.36. The van der Waals surface area contributed by atoms with Crippen molar-refractivity contribution in [2.45, 2.75) is 19.6 Å². The number of nitrogens with zero attached hydrogens (tertiary/aromatic N) is 1. The lowest BCUT2D eigenvalue weighted by Crippen LogP contribution is -2.34. The van der Waals surface area contributed by atoms with Gasteiger partial charge in [0.05, 0.1) is 12.7 Å². The van der Waals surface area contributed by atoms with E-state index in [1.54, 1.807) is 55.5 Å². The Hall–Kier alpha value is -3.48. The molecule has 3 aromatic carbocycles. The Morgan fingerprint density at radius 2 is 1.65 bits per heavy atom. The molecule has 0 aromatic heterocycles. The zero-order valence-electron chi connectivity index (χ0n) is 17.2. The molecule has 0 aliphatic carbocycles. The zero-order chi connectivity index (χ0) is 22.4. The molecule has 7 heteroatoms. The van der Waals surface area contributed by atoms with Crippen LogP contribution in [0.25, 0.3) is 11.1 Å². The molecule has 3 rings (SSSR count). The average molecular weight is 428 g/mol. The average Bonchev–Trinajstić information content (AvgIpc) is 2.77. The van der Waals surface area contributed by atoms with E-state index in [2.05, 4.69) is 5.32 Å². The fraction of sp³-hybridized carbons (Fsp3) is 0.208. The van der Waals surface area contributed by atoms with Crippen molar-refractivity contribution in [2.75, 3.05) is 19.0 Å². The summed E-state index contributed by atoms with van der Waals surface area (Å²) in [5.41, 5.74) is 1.47. The van der Waals surface area contributed by atoms with Gasteiger partial charge in [-0.1, -0.05) is 42.5 Å². The van der Waals surface area contributed by atoms with Crippen molar-refractivity contribution in [3.8, 4) is 16.9 Å². The van der Waals surface area contributed by atoms with E-state index in [0.29, 0.717) is 34.7 Å². The van der Waals surface area contributed by atoms with Crippen molar-refractivity contribution in [1.82, 2.24) is 4.90 Å². The summed E-state index contributed by atoms with van der Waals surface area (Å²) in [5, 5.41) is 2.78. The van der Waals surface area contributed by atoms with Crippen LogP contribution in [0.5, 0.6) is 5.75 Å². The molecule has 0 bridgehead atoms. The number of carbonyl (C=O) groups is 1. The summed E-state index contributed by atoms with van der Waals surface area (Å²) in [4.78, 5) is 14.2. The third-order valence-corrected chi connectivity index (χ3v) is 4.88. The van der Waals surface area contributed by atoms with Gasteiger partial charge in [-0.15, -0.1) is 0 Å². The monoisotopic (exact) mass is 428 g/mol. The Balaban J connectivity index is 1.99. The van der Waals surface area contributed by atoms with Crippen LogP contribution in [0.15, 0.2) is 72.8 Å². The first-order chi connectivity index (χ1) is 14.8. The van der Waals surface area contributed by atoms with E-state index in [1.807, 2.05) is 6.07 Å². The number of nitrogens with one attached hydrogen (secondary N) is 1. The maximum Gasteiger partial charge on any atom is 0.416 e. The predicted octanol–water partition coefficient (Wildman–Crippen LogP) is 6.44. The zero-order valence-corrected chi connectivity index (χ0v) is 17.2. The normalized spacial score (nSPS) is 11.1. The molecule has 0 saturated carbocycles. The molecule has 0 saturated heterocycles. The van der Waals surface area contributed by atoms with Crippen LogP contribution in [0, 0.1) is 0 Å². The molecule has 0 heterocycles. The van der Waals surface area contributed by atoms with Crippen molar-refractivity contribution >= 4 is 11.7 Å². The van der Waals surface area contributed by atoms with Crippen LogP contribution in [0.1, 0.15) is 18.1 Å². The highest BCUT2D eigenvalue weighted by Crippen LogP contribution is 2.37. The number of anilines is 1. The largest absolute Gasteiger partial charge is 0.496 e. The second kappa shape index (κ2) is 9.55. The number of hydrogen-bond donors (Lipinski definition) is 1. The lowest BCUT2D eigenvalue weighted by atomic mass is 9.96. The Morgan fingerprint density at radius 3 is 2.29 bits per heavy atom. The van der Waals surface area contributed by atoms with Gasteiger partial charge in [-0.3, -0.25) is 0 Å². The topological polar surface area (TPSA) is 41.6 Å². The van der Waals surface area contributed by atoms with Crippen LogP contribution in [0.3, 0.4) is 0 Å². The molecule has 3 aromatic rings. The maximum absolute atomic E-state index is 13.4. The SMILES string of the molecule is CCN(Cc1cc(C(F)(F)F)ccc1-c1ccccc1OC)C(=O)Nc1ccccc1. The van der Waals surface area contributed by atoms with Crippen molar-refractivity contribution in [3.05, 3.63) is 83.9 Å². The Morgan fingerprint density at radius 1 is 0.968 bits per heavy atom. The Kier molecular flexibility index (Phi) is 6.84. The first kappa shape index (κ1) is 22.2. The predicted molar refractivity (Wildman–Crippen MR) is 115 cm³/mol. The molecule has 0 atom stereocenters. The van der Waals surface area contributed by atoms with Crippen molar-refractivity contribution in [1.29, 1.82) is 0 Å². The molecule has 0 spiro atoms. The van der Waals surface area contributed by atoms with Gasteiger partial charge in [0, 0.05) is 24.3 Å². The second-order valence-corrected chi connectivity index (χ2v) is 6.88. The van der Waals surface area contributed by atoms with E-state index in [-0.39, 0.29) is 6.54 Å². The van der Waals surface area contributed by atoms with Crippen molar-refractivity contribution in [2.24, 2.45) is 0 Å². The summed E-state index contributed by atoms with van der Waals surface area (Å²) in [7, 11) is 1.51. The highest BCUT2D eigenvalue weighted by Gasteiger charge is 2.31. The highest BCUT2D eigenvalue weighted by atomic mass is 19.4. The minimum atomic E-state index is -4.49. The van der Waals surface area contributed by atoms with E-state index in [1.165, 1.54) is 18.1 Å². The number of alkyl halides is 3. The standard InChI is InChI=1S/C24H23F3N2O2/c1-3-29(23(30)28-19-9-5-4-6-10-19)16-17-15-18(24(25,26)27)13-14-20(17)21-11-7-8-12-22(21)31-2/h4-15H,3,16H2,1-2H3,(H,28,30). The van der Waals surface area contributed by atoms with E-state index >= 15 is 0 Å². The third-order valence-electron chi connectivity index (χ3n) is 4.88. The van der Waals surface area contributed by atoms with Crippen LogP contribution in [-0.4, -0.2) is 24.6 Å².